The Bertz CT molecular complexity index is 719. The van der Waals surface area contributed by atoms with Gasteiger partial charge in [0, 0.05) is 15.4 Å². The molecule has 0 bridgehead atoms. The van der Waals surface area contributed by atoms with E-state index in [9.17, 15) is 4.79 Å². The van der Waals surface area contributed by atoms with Crippen molar-refractivity contribution in [3.63, 3.8) is 0 Å². The van der Waals surface area contributed by atoms with Gasteiger partial charge in [-0.25, -0.2) is 0 Å². The monoisotopic (exact) mass is 279 g/mol. The largest absolute Gasteiger partial charge is 0.354 e. The van der Waals surface area contributed by atoms with Crippen LogP contribution in [0.4, 0.5) is 11.4 Å². The van der Waals surface area contributed by atoms with Crippen LogP contribution in [0, 0.1) is 0 Å². The second kappa shape index (κ2) is 5.39. The molecule has 2 aromatic rings. The lowest BCUT2D eigenvalue weighted by atomic mass is 10.1. The summed E-state index contributed by atoms with van der Waals surface area (Å²) in [4.78, 5) is 13.1. The van der Waals surface area contributed by atoms with Gasteiger partial charge in [-0.1, -0.05) is 42.6 Å². The number of hydrogen-bond acceptors (Lipinski definition) is 3. The van der Waals surface area contributed by atoms with Gasteiger partial charge in [-0.05, 0) is 35.9 Å². The third kappa shape index (κ3) is 2.40. The SMILES string of the molecule is C=C/C=C/c1ccc2c(c1)Sc1cc(C=O)ccc1N2. The van der Waals surface area contributed by atoms with Crippen molar-refractivity contribution < 1.29 is 4.79 Å². The first kappa shape index (κ1) is 12.8. The first-order chi connectivity index (χ1) is 9.80. The lowest BCUT2D eigenvalue weighted by Gasteiger charge is -2.21. The van der Waals surface area contributed by atoms with Crippen LogP contribution in [0.5, 0.6) is 0 Å². The van der Waals surface area contributed by atoms with Gasteiger partial charge < -0.3 is 5.32 Å². The highest BCUT2D eigenvalue weighted by atomic mass is 32.2. The summed E-state index contributed by atoms with van der Waals surface area (Å²) in [5.41, 5.74) is 3.97. The van der Waals surface area contributed by atoms with Crippen LogP contribution in [0.3, 0.4) is 0 Å². The van der Waals surface area contributed by atoms with Crippen LogP contribution >= 0.6 is 11.8 Å². The molecule has 0 spiro atoms. The minimum atomic E-state index is 0.698. The highest BCUT2D eigenvalue weighted by Gasteiger charge is 2.15. The average molecular weight is 279 g/mol. The fourth-order valence-corrected chi connectivity index (χ4v) is 3.16. The quantitative estimate of drug-likeness (QED) is 0.546. The summed E-state index contributed by atoms with van der Waals surface area (Å²) in [5.74, 6) is 0. The molecule has 2 nitrogen and oxygen atoms in total. The number of carbonyl (C=O) groups excluding carboxylic acids is 1. The van der Waals surface area contributed by atoms with E-state index in [4.69, 9.17) is 0 Å². The van der Waals surface area contributed by atoms with Gasteiger partial charge in [0.05, 0.1) is 11.4 Å². The smallest absolute Gasteiger partial charge is 0.150 e. The Morgan fingerprint density at radius 3 is 2.30 bits per heavy atom. The van der Waals surface area contributed by atoms with E-state index in [0.717, 1.165) is 33.0 Å². The molecule has 0 aromatic heterocycles. The number of fused-ring (bicyclic) bond motifs is 2. The number of benzene rings is 2. The Balaban J connectivity index is 1.98. The third-order valence-corrected chi connectivity index (χ3v) is 4.18. The van der Waals surface area contributed by atoms with Crippen molar-refractivity contribution in [3.05, 3.63) is 66.3 Å². The van der Waals surface area contributed by atoms with Crippen LogP contribution in [0.15, 0.2) is 64.9 Å². The van der Waals surface area contributed by atoms with Gasteiger partial charge in [0.15, 0.2) is 0 Å². The van der Waals surface area contributed by atoms with Gasteiger partial charge in [-0.15, -0.1) is 0 Å². The fourth-order valence-electron chi connectivity index (χ4n) is 2.07. The second-order valence-electron chi connectivity index (χ2n) is 4.45. The minimum absolute atomic E-state index is 0.698. The normalized spacial score (nSPS) is 12.4. The molecule has 3 rings (SSSR count). The summed E-state index contributed by atoms with van der Waals surface area (Å²) in [5, 5.41) is 3.39. The van der Waals surface area contributed by atoms with E-state index in [1.54, 1.807) is 17.8 Å². The first-order valence-electron chi connectivity index (χ1n) is 6.27. The van der Waals surface area contributed by atoms with Gasteiger partial charge in [0.2, 0.25) is 0 Å². The summed E-state index contributed by atoms with van der Waals surface area (Å²) in [6, 6.07) is 11.9. The molecule has 1 heterocycles. The van der Waals surface area contributed by atoms with E-state index < -0.39 is 0 Å². The number of allylic oxidation sites excluding steroid dienone is 2. The molecule has 0 fully saturated rings. The van der Waals surface area contributed by atoms with Crippen LogP contribution in [0.2, 0.25) is 0 Å². The number of carbonyl (C=O) groups is 1. The Morgan fingerprint density at radius 2 is 1.65 bits per heavy atom. The Labute approximate surface area is 122 Å². The molecule has 20 heavy (non-hydrogen) atoms. The number of nitrogens with one attached hydrogen (secondary N) is 1. The molecular formula is C17H13NOS. The second-order valence-corrected chi connectivity index (χ2v) is 5.53. The summed E-state index contributed by atoms with van der Waals surface area (Å²) in [6.45, 7) is 3.67. The van der Waals surface area contributed by atoms with Gasteiger partial charge in [0.1, 0.15) is 6.29 Å². The summed E-state index contributed by atoms with van der Waals surface area (Å²) in [6.07, 6.45) is 6.57. The number of hydrogen-bond donors (Lipinski definition) is 1. The van der Waals surface area contributed by atoms with Crippen molar-refractivity contribution in [1.82, 2.24) is 0 Å². The average Bonchev–Trinajstić information content (AvgIpc) is 2.50. The predicted octanol–water partition coefficient (Wildman–Crippen LogP) is 4.91. The highest BCUT2D eigenvalue weighted by molar-refractivity contribution is 7.99. The maximum Gasteiger partial charge on any atom is 0.150 e. The molecule has 98 valence electrons. The van der Waals surface area contributed by atoms with E-state index >= 15 is 0 Å². The van der Waals surface area contributed by atoms with Gasteiger partial charge in [0.25, 0.3) is 0 Å². The zero-order valence-corrected chi connectivity index (χ0v) is 11.6. The Morgan fingerprint density at radius 1 is 1.00 bits per heavy atom. The van der Waals surface area contributed by atoms with Crippen molar-refractivity contribution in [2.24, 2.45) is 0 Å². The number of rotatable bonds is 3. The van der Waals surface area contributed by atoms with Crippen LogP contribution in [0.25, 0.3) is 6.08 Å². The summed E-state index contributed by atoms with van der Waals surface area (Å²) < 4.78 is 0. The maximum absolute atomic E-state index is 10.9. The zero-order valence-electron chi connectivity index (χ0n) is 10.8. The number of aldehydes is 1. The molecule has 3 heteroatoms. The molecule has 2 aromatic carbocycles. The van der Waals surface area contributed by atoms with Crippen molar-refractivity contribution in [1.29, 1.82) is 0 Å². The molecule has 0 amide bonds. The summed E-state index contributed by atoms with van der Waals surface area (Å²) >= 11 is 1.68. The molecule has 0 aliphatic carbocycles. The standard InChI is InChI=1S/C17H13NOS/c1-2-3-4-12-5-7-14-16(9-12)20-17-10-13(11-19)6-8-15(17)18-14/h2-11,18H,1H2/b4-3+. The topological polar surface area (TPSA) is 29.1 Å². The van der Waals surface area contributed by atoms with Crippen molar-refractivity contribution >= 4 is 35.5 Å². The molecule has 0 radical (unpaired) electrons. The van der Waals surface area contributed by atoms with Crippen LogP contribution in [-0.4, -0.2) is 6.29 Å². The Hall–Kier alpha value is -2.26. The maximum atomic E-state index is 10.9. The summed E-state index contributed by atoms with van der Waals surface area (Å²) in [7, 11) is 0. The minimum Gasteiger partial charge on any atom is -0.354 e. The molecule has 0 unspecified atom stereocenters. The fraction of sp³-hybridized carbons (Fsp3) is 0. The van der Waals surface area contributed by atoms with Crippen LogP contribution < -0.4 is 5.32 Å². The predicted molar refractivity (Wildman–Crippen MR) is 84.9 cm³/mol. The number of anilines is 2. The van der Waals surface area contributed by atoms with E-state index in [1.807, 2.05) is 30.4 Å². The lowest BCUT2D eigenvalue weighted by Crippen LogP contribution is -2.00. The van der Waals surface area contributed by atoms with Crippen LogP contribution in [0.1, 0.15) is 15.9 Å². The van der Waals surface area contributed by atoms with Gasteiger partial charge >= 0.3 is 0 Å². The zero-order chi connectivity index (χ0) is 13.9. The molecule has 0 saturated carbocycles. The first-order valence-corrected chi connectivity index (χ1v) is 7.09. The van der Waals surface area contributed by atoms with E-state index in [1.165, 1.54) is 0 Å². The van der Waals surface area contributed by atoms with E-state index in [-0.39, 0.29) is 0 Å². The molecule has 1 aliphatic heterocycles. The third-order valence-electron chi connectivity index (χ3n) is 3.06. The van der Waals surface area contributed by atoms with E-state index in [2.05, 4.69) is 30.1 Å². The Kier molecular flexibility index (Phi) is 3.44. The van der Waals surface area contributed by atoms with Crippen molar-refractivity contribution in [2.75, 3.05) is 5.32 Å². The van der Waals surface area contributed by atoms with Crippen molar-refractivity contribution in [2.45, 2.75) is 9.79 Å². The molecule has 1 aliphatic rings. The molecule has 1 N–H and O–H groups in total. The molecule has 0 atom stereocenters. The van der Waals surface area contributed by atoms with Crippen LogP contribution in [-0.2, 0) is 0 Å². The van der Waals surface area contributed by atoms with Crippen molar-refractivity contribution in [3.8, 4) is 0 Å². The van der Waals surface area contributed by atoms with Gasteiger partial charge in [-0.2, -0.15) is 0 Å². The molecule has 0 saturated heterocycles. The van der Waals surface area contributed by atoms with Gasteiger partial charge in [-0.3, -0.25) is 4.79 Å². The highest BCUT2D eigenvalue weighted by Crippen LogP contribution is 2.44. The van der Waals surface area contributed by atoms with E-state index in [0.29, 0.717) is 5.56 Å². The lowest BCUT2D eigenvalue weighted by molar-refractivity contribution is 0.112. The molecular weight excluding hydrogens is 266 g/mol.